The van der Waals surface area contributed by atoms with Gasteiger partial charge in [0, 0.05) is 27.8 Å². The van der Waals surface area contributed by atoms with Crippen molar-refractivity contribution in [2.45, 2.75) is 27.3 Å². The van der Waals surface area contributed by atoms with Gasteiger partial charge in [-0.05, 0) is 48.8 Å². The molecular formula is C18H21BrN2O4S2. The van der Waals surface area contributed by atoms with Crippen LogP contribution in [0.25, 0.3) is 12.2 Å². The highest BCUT2D eigenvalue weighted by Gasteiger charge is 2.15. The van der Waals surface area contributed by atoms with Gasteiger partial charge in [0.2, 0.25) is 5.91 Å². The Kier molecular flexibility index (Phi) is 8.00. The normalized spacial score (nSPS) is 12.4. The minimum atomic E-state index is -0.534. The number of amides is 1. The number of likely N-dealkylation sites (N-methyl/N-ethyl adjacent to an activating group) is 1. The molecular weight excluding hydrogens is 452 g/mol. The Balaban J connectivity index is 2.55. The van der Waals surface area contributed by atoms with Crippen molar-refractivity contribution in [3.63, 3.8) is 0 Å². The number of hydrogen-bond acceptors (Lipinski definition) is 6. The third-order valence-corrected chi connectivity index (χ3v) is 6.44. The third kappa shape index (κ3) is 5.63. The van der Waals surface area contributed by atoms with Gasteiger partial charge in [-0.1, -0.05) is 0 Å². The van der Waals surface area contributed by atoms with E-state index < -0.39 is 5.97 Å². The molecule has 2 rings (SSSR count). The molecule has 1 amide bonds. The van der Waals surface area contributed by atoms with Gasteiger partial charge in [0.15, 0.2) is 0 Å². The number of rotatable bonds is 7. The number of nitrogens with zero attached hydrogens (tertiary/aromatic N) is 2. The lowest BCUT2D eigenvalue weighted by atomic mass is 10.4. The van der Waals surface area contributed by atoms with Crippen molar-refractivity contribution in [2.24, 2.45) is 0 Å². The first kappa shape index (κ1) is 21.6. The van der Waals surface area contributed by atoms with Crippen LogP contribution in [0.15, 0.2) is 20.7 Å². The van der Waals surface area contributed by atoms with Crippen LogP contribution in [0.1, 0.15) is 25.6 Å². The molecule has 2 heterocycles. The van der Waals surface area contributed by atoms with E-state index in [1.165, 1.54) is 33.3 Å². The van der Waals surface area contributed by atoms with Gasteiger partial charge in [-0.2, -0.15) is 0 Å². The van der Waals surface area contributed by atoms with Gasteiger partial charge in [-0.15, -0.1) is 22.7 Å². The van der Waals surface area contributed by atoms with Crippen molar-refractivity contribution < 1.29 is 14.3 Å². The number of thiazole rings is 1. The predicted octanol–water partition coefficient (Wildman–Crippen LogP) is 1.77. The van der Waals surface area contributed by atoms with E-state index in [9.17, 15) is 14.4 Å². The summed E-state index contributed by atoms with van der Waals surface area (Å²) in [6.45, 7) is 6.75. The molecule has 0 aliphatic heterocycles. The van der Waals surface area contributed by atoms with Crippen LogP contribution in [0, 0.1) is 0 Å². The van der Waals surface area contributed by atoms with Crippen LogP contribution >= 0.6 is 38.6 Å². The lowest BCUT2D eigenvalue weighted by Crippen LogP contribution is -2.40. The zero-order valence-corrected chi connectivity index (χ0v) is 18.6. The quantitative estimate of drug-likeness (QED) is 0.575. The van der Waals surface area contributed by atoms with Crippen LogP contribution in [0.4, 0.5) is 0 Å². The largest absolute Gasteiger partial charge is 0.463 e. The van der Waals surface area contributed by atoms with Crippen LogP contribution < -0.4 is 14.8 Å². The molecule has 0 saturated carbocycles. The first-order valence-corrected chi connectivity index (χ1v) is 11.0. The van der Waals surface area contributed by atoms with Gasteiger partial charge >= 0.3 is 5.97 Å². The van der Waals surface area contributed by atoms with Crippen molar-refractivity contribution in [3.8, 4) is 0 Å². The molecule has 0 aliphatic carbocycles. The molecule has 0 N–H and O–H groups in total. The van der Waals surface area contributed by atoms with E-state index in [1.807, 2.05) is 25.3 Å². The van der Waals surface area contributed by atoms with Gasteiger partial charge in [0.1, 0.15) is 11.2 Å². The Morgan fingerprint density at radius 3 is 2.56 bits per heavy atom. The lowest BCUT2D eigenvalue weighted by molar-refractivity contribution is -0.135. The number of thiophene rings is 1. The average molecular weight is 473 g/mol. The summed E-state index contributed by atoms with van der Waals surface area (Å²) >= 11 is 6.06. The molecule has 0 atom stereocenters. The molecule has 0 spiro atoms. The van der Waals surface area contributed by atoms with Crippen LogP contribution in [-0.4, -0.2) is 41.0 Å². The molecule has 0 aromatic carbocycles. The molecule has 6 nitrogen and oxygen atoms in total. The summed E-state index contributed by atoms with van der Waals surface area (Å²) in [7, 11) is 0. The number of halogens is 1. The summed E-state index contributed by atoms with van der Waals surface area (Å²) in [5, 5.41) is 1.92. The summed E-state index contributed by atoms with van der Waals surface area (Å²) in [5.41, 5.74) is -0.291. The van der Waals surface area contributed by atoms with Crippen LogP contribution in [0.2, 0.25) is 0 Å². The van der Waals surface area contributed by atoms with Gasteiger partial charge in [0.25, 0.3) is 5.56 Å². The number of carbonyl (C=O) groups excluding carboxylic acids is 2. The molecule has 0 saturated heterocycles. The monoisotopic (exact) mass is 472 g/mol. The molecule has 2 aromatic heterocycles. The topological polar surface area (TPSA) is 68.6 Å². The molecule has 9 heteroatoms. The SMILES string of the molecule is CCOC(=O)/C=c1\s/c(=C\c2cc(Br)cs2)c(=O)n1CC(=O)N(CC)CC. The number of ether oxygens (including phenoxy) is 1. The fourth-order valence-corrected chi connectivity index (χ4v) is 4.89. The molecule has 0 unspecified atom stereocenters. The summed E-state index contributed by atoms with van der Waals surface area (Å²) in [6, 6.07) is 1.91. The standard InChI is InChI=1S/C18H21BrN2O4S2/c1-4-20(5-2)15(22)10-21-16(9-17(23)25-6-3)27-14(18(21)24)8-13-7-12(19)11-26-13/h7-9,11H,4-6,10H2,1-3H3/b14-8-,16-9-. The second-order valence-corrected chi connectivity index (χ2v) is 8.39. The fraction of sp³-hybridized carbons (Fsp3) is 0.389. The Bertz CT molecular complexity index is 986. The van der Waals surface area contributed by atoms with Crippen molar-refractivity contribution in [1.82, 2.24) is 9.47 Å². The minimum Gasteiger partial charge on any atom is -0.463 e. The Hall–Kier alpha value is -1.71. The van der Waals surface area contributed by atoms with Crippen LogP contribution in [0.5, 0.6) is 0 Å². The number of hydrogen-bond donors (Lipinski definition) is 0. The molecule has 0 radical (unpaired) electrons. The first-order chi connectivity index (χ1) is 12.9. The van der Waals surface area contributed by atoms with Gasteiger partial charge in [0.05, 0.1) is 17.2 Å². The van der Waals surface area contributed by atoms with Crippen molar-refractivity contribution in [3.05, 3.63) is 40.3 Å². The summed E-state index contributed by atoms with van der Waals surface area (Å²) in [6.07, 6.45) is 3.04. The van der Waals surface area contributed by atoms with Gasteiger partial charge in [-0.25, -0.2) is 4.79 Å². The highest BCUT2D eigenvalue weighted by molar-refractivity contribution is 9.10. The Labute approximate surface area is 173 Å². The zero-order valence-electron chi connectivity index (χ0n) is 15.4. The summed E-state index contributed by atoms with van der Waals surface area (Å²) in [5.74, 6) is -0.697. The lowest BCUT2D eigenvalue weighted by Gasteiger charge is -2.18. The molecule has 2 aromatic rings. The van der Waals surface area contributed by atoms with Crippen molar-refractivity contribution in [1.29, 1.82) is 0 Å². The average Bonchev–Trinajstić information content (AvgIpc) is 3.15. The van der Waals surface area contributed by atoms with E-state index in [1.54, 1.807) is 17.9 Å². The molecule has 146 valence electrons. The number of esters is 1. The second-order valence-electron chi connectivity index (χ2n) is 5.47. The van der Waals surface area contributed by atoms with Crippen molar-refractivity contribution >= 4 is 62.6 Å². The smallest absolute Gasteiger partial charge is 0.333 e. The number of aromatic nitrogens is 1. The maximum Gasteiger partial charge on any atom is 0.333 e. The second kappa shape index (κ2) is 10.0. The molecule has 27 heavy (non-hydrogen) atoms. The predicted molar refractivity (Wildman–Crippen MR) is 112 cm³/mol. The van der Waals surface area contributed by atoms with E-state index in [4.69, 9.17) is 4.74 Å². The molecule has 0 bridgehead atoms. The number of carbonyl (C=O) groups is 2. The Morgan fingerprint density at radius 1 is 1.30 bits per heavy atom. The van der Waals surface area contributed by atoms with E-state index >= 15 is 0 Å². The first-order valence-electron chi connectivity index (χ1n) is 8.51. The van der Waals surface area contributed by atoms with Crippen molar-refractivity contribution in [2.75, 3.05) is 19.7 Å². The summed E-state index contributed by atoms with van der Waals surface area (Å²) in [4.78, 5) is 39.8. The third-order valence-electron chi connectivity index (χ3n) is 3.74. The molecule has 0 aliphatic rings. The van der Waals surface area contributed by atoms with E-state index in [0.717, 1.165) is 9.35 Å². The van der Waals surface area contributed by atoms with Crippen LogP contribution in [-0.2, 0) is 20.9 Å². The van der Waals surface area contributed by atoms with E-state index in [0.29, 0.717) is 22.3 Å². The van der Waals surface area contributed by atoms with E-state index in [2.05, 4.69) is 15.9 Å². The highest BCUT2D eigenvalue weighted by atomic mass is 79.9. The summed E-state index contributed by atoms with van der Waals surface area (Å²) < 4.78 is 8.10. The maximum absolute atomic E-state index is 12.9. The van der Waals surface area contributed by atoms with Gasteiger partial charge in [-0.3, -0.25) is 14.2 Å². The minimum absolute atomic E-state index is 0.107. The zero-order chi connectivity index (χ0) is 20.0. The van der Waals surface area contributed by atoms with E-state index in [-0.39, 0.29) is 24.6 Å². The fourth-order valence-electron chi connectivity index (χ4n) is 2.42. The molecule has 0 fully saturated rings. The highest BCUT2D eigenvalue weighted by Crippen LogP contribution is 2.19. The van der Waals surface area contributed by atoms with Gasteiger partial charge < -0.3 is 9.64 Å². The van der Waals surface area contributed by atoms with Crippen LogP contribution in [0.3, 0.4) is 0 Å². The Morgan fingerprint density at radius 2 is 2.00 bits per heavy atom. The maximum atomic E-state index is 12.9.